The third kappa shape index (κ3) is 4.63. The minimum atomic E-state index is -0.574. The number of carbonyl (C=O) groups excluding carboxylic acids is 2. The standard InChI is InChI=1S/C20H28N4O4/c1-4-28-19(25)17-16(13-24-10-8-23(2)9-11-24)21-20(26)22-18(17)14-6-5-7-15(12-14)27-3/h5-7,12,18H,4,8-11,13H2,1-3H3,(H2,21,22,26)/p+2/t18-/m0/s1. The molecule has 152 valence electrons. The van der Waals surface area contributed by atoms with Gasteiger partial charge in [-0.3, -0.25) is 0 Å². The van der Waals surface area contributed by atoms with E-state index in [1.807, 2.05) is 24.3 Å². The van der Waals surface area contributed by atoms with Gasteiger partial charge < -0.3 is 29.9 Å². The van der Waals surface area contributed by atoms with Crippen LogP contribution in [-0.4, -0.2) is 65.5 Å². The molecular formula is C20H30N4O4+2. The maximum Gasteiger partial charge on any atom is 0.338 e. The van der Waals surface area contributed by atoms with Gasteiger partial charge in [0.15, 0.2) is 0 Å². The van der Waals surface area contributed by atoms with Crippen molar-refractivity contribution in [2.75, 3.05) is 53.5 Å². The average molecular weight is 390 g/mol. The number of hydrogen-bond acceptors (Lipinski definition) is 4. The summed E-state index contributed by atoms with van der Waals surface area (Å²) in [4.78, 5) is 28.1. The highest BCUT2D eigenvalue weighted by Gasteiger charge is 2.36. The molecule has 2 aliphatic rings. The second kappa shape index (κ2) is 9.07. The number of ether oxygens (including phenoxy) is 2. The predicted octanol–water partition coefficient (Wildman–Crippen LogP) is -1.72. The topological polar surface area (TPSA) is 85.5 Å². The molecule has 0 aromatic heterocycles. The van der Waals surface area contributed by atoms with Crippen molar-refractivity contribution >= 4 is 12.0 Å². The molecule has 0 radical (unpaired) electrons. The highest BCUT2D eigenvalue weighted by Crippen LogP contribution is 2.29. The summed E-state index contributed by atoms with van der Waals surface area (Å²) in [6, 6.07) is 6.50. The number of piperazine rings is 1. The van der Waals surface area contributed by atoms with Crippen LogP contribution in [0, 0.1) is 0 Å². The molecule has 0 unspecified atom stereocenters. The number of likely N-dealkylation sites (N-methyl/N-ethyl adjacent to an activating group) is 1. The Kier molecular flexibility index (Phi) is 6.53. The monoisotopic (exact) mass is 390 g/mol. The van der Waals surface area contributed by atoms with Crippen LogP contribution in [0.3, 0.4) is 0 Å². The fourth-order valence-corrected chi connectivity index (χ4v) is 3.74. The van der Waals surface area contributed by atoms with Crippen LogP contribution in [0.4, 0.5) is 4.79 Å². The van der Waals surface area contributed by atoms with Crippen molar-refractivity contribution in [2.24, 2.45) is 0 Å². The van der Waals surface area contributed by atoms with Gasteiger partial charge in [0.2, 0.25) is 0 Å². The lowest BCUT2D eigenvalue weighted by molar-refractivity contribution is -1.00. The summed E-state index contributed by atoms with van der Waals surface area (Å²) in [5.41, 5.74) is 1.89. The molecule has 0 saturated carbocycles. The summed E-state index contributed by atoms with van der Waals surface area (Å²) in [5, 5.41) is 5.73. The number of methoxy groups -OCH3 is 1. The van der Waals surface area contributed by atoms with Crippen LogP contribution in [0.5, 0.6) is 5.75 Å². The van der Waals surface area contributed by atoms with E-state index in [1.165, 1.54) is 9.80 Å². The largest absolute Gasteiger partial charge is 0.497 e. The molecule has 0 bridgehead atoms. The average Bonchev–Trinajstić information content (AvgIpc) is 2.69. The Hall–Kier alpha value is -2.58. The van der Waals surface area contributed by atoms with Gasteiger partial charge in [-0.1, -0.05) is 12.1 Å². The molecule has 8 heteroatoms. The quantitative estimate of drug-likeness (QED) is 0.436. The number of urea groups is 1. The number of hydrogen-bond donors (Lipinski definition) is 4. The second-order valence-corrected chi connectivity index (χ2v) is 7.30. The van der Waals surface area contributed by atoms with E-state index in [1.54, 1.807) is 14.0 Å². The molecule has 3 rings (SSSR count). The Morgan fingerprint density at radius 3 is 2.68 bits per heavy atom. The van der Waals surface area contributed by atoms with Crippen LogP contribution in [0.15, 0.2) is 35.5 Å². The molecule has 28 heavy (non-hydrogen) atoms. The summed E-state index contributed by atoms with van der Waals surface area (Å²) in [6.07, 6.45) is 0. The lowest BCUT2D eigenvalue weighted by Crippen LogP contribution is -3.27. The second-order valence-electron chi connectivity index (χ2n) is 7.30. The van der Waals surface area contributed by atoms with Gasteiger partial charge in [-0.25, -0.2) is 9.59 Å². The van der Waals surface area contributed by atoms with Crippen molar-refractivity contribution < 1.29 is 28.9 Å². The molecule has 4 N–H and O–H groups in total. The van der Waals surface area contributed by atoms with E-state index in [2.05, 4.69) is 17.7 Å². The number of amides is 2. The number of esters is 1. The Bertz CT molecular complexity index is 756. The zero-order chi connectivity index (χ0) is 20.1. The summed E-state index contributed by atoms with van der Waals surface area (Å²) < 4.78 is 10.6. The van der Waals surface area contributed by atoms with E-state index in [0.717, 1.165) is 31.7 Å². The normalized spacial score (nSPS) is 25.0. The van der Waals surface area contributed by atoms with Gasteiger partial charge in [0, 0.05) is 0 Å². The molecule has 1 atom stereocenters. The van der Waals surface area contributed by atoms with Gasteiger partial charge in [-0.2, -0.15) is 0 Å². The maximum absolute atomic E-state index is 12.8. The van der Waals surface area contributed by atoms with Crippen molar-refractivity contribution in [3.63, 3.8) is 0 Å². The molecular weight excluding hydrogens is 360 g/mol. The summed E-state index contributed by atoms with van der Waals surface area (Å²) in [6.45, 7) is 6.79. The van der Waals surface area contributed by atoms with Crippen LogP contribution >= 0.6 is 0 Å². The third-order valence-corrected chi connectivity index (χ3v) is 5.31. The van der Waals surface area contributed by atoms with Crippen molar-refractivity contribution in [3.05, 3.63) is 41.1 Å². The number of quaternary nitrogens is 2. The van der Waals surface area contributed by atoms with Crippen molar-refractivity contribution in [2.45, 2.75) is 13.0 Å². The summed E-state index contributed by atoms with van der Waals surface area (Å²) >= 11 is 0. The predicted molar refractivity (Wildman–Crippen MR) is 103 cm³/mol. The van der Waals surface area contributed by atoms with E-state index >= 15 is 0 Å². The minimum Gasteiger partial charge on any atom is -0.497 e. The number of nitrogens with one attached hydrogen (secondary N) is 4. The summed E-state index contributed by atoms with van der Waals surface area (Å²) in [5.74, 6) is 0.264. The van der Waals surface area contributed by atoms with Crippen molar-refractivity contribution in [1.29, 1.82) is 0 Å². The molecule has 2 aliphatic heterocycles. The number of rotatable bonds is 6. The van der Waals surface area contributed by atoms with Gasteiger partial charge in [0.05, 0.1) is 38.1 Å². The molecule has 8 nitrogen and oxygen atoms in total. The van der Waals surface area contributed by atoms with Gasteiger partial charge in [-0.15, -0.1) is 0 Å². The van der Waals surface area contributed by atoms with Crippen molar-refractivity contribution in [1.82, 2.24) is 10.6 Å². The fourth-order valence-electron chi connectivity index (χ4n) is 3.74. The van der Waals surface area contributed by atoms with Crippen LogP contribution in [-0.2, 0) is 9.53 Å². The molecule has 1 fully saturated rings. The Balaban J connectivity index is 1.96. The third-order valence-electron chi connectivity index (χ3n) is 5.31. The summed E-state index contributed by atoms with van der Waals surface area (Å²) in [7, 11) is 3.78. The Morgan fingerprint density at radius 2 is 2.00 bits per heavy atom. The lowest BCUT2D eigenvalue weighted by atomic mass is 9.94. The first kappa shape index (κ1) is 20.2. The van der Waals surface area contributed by atoms with Crippen LogP contribution in [0.2, 0.25) is 0 Å². The van der Waals surface area contributed by atoms with E-state index in [0.29, 0.717) is 23.6 Å². The van der Waals surface area contributed by atoms with Gasteiger partial charge in [0.1, 0.15) is 38.5 Å². The highest BCUT2D eigenvalue weighted by molar-refractivity contribution is 5.95. The first-order valence-electron chi connectivity index (χ1n) is 9.78. The van der Waals surface area contributed by atoms with Crippen LogP contribution < -0.4 is 25.2 Å². The van der Waals surface area contributed by atoms with Crippen LogP contribution in [0.1, 0.15) is 18.5 Å². The number of benzene rings is 1. The first-order valence-corrected chi connectivity index (χ1v) is 9.78. The SMILES string of the molecule is CCOC(=O)C1=C(C[NH+]2CC[NH+](C)CC2)NC(=O)N[C@H]1c1cccc(OC)c1. The number of carbonyl (C=O) groups is 2. The fraction of sp³-hybridized carbons (Fsp3) is 0.500. The molecule has 2 amide bonds. The van der Waals surface area contributed by atoms with E-state index < -0.39 is 12.0 Å². The zero-order valence-corrected chi connectivity index (χ0v) is 16.8. The molecule has 0 spiro atoms. The molecule has 1 aromatic rings. The minimum absolute atomic E-state index is 0.277. The lowest BCUT2D eigenvalue weighted by Gasteiger charge is -2.32. The highest BCUT2D eigenvalue weighted by atomic mass is 16.5. The maximum atomic E-state index is 12.8. The molecule has 2 heterocycles. The molecule has 1 aromatic carbocycles. The van der Waals surface area contributed by atoms with E-state index in [-0.39, 0.29) is 12.6 Å². The smallest absolute Gasteiger partial charge is 0.338 e. The molecule has 0 aliphatic carbocycles. The first-order chi connectivity index (χ1) is 13.5. The Morgan fingerprint density at radius 1 is 1.25 bits per heavy atom. The van der Waals surface area contributed by atoms with E-state index in [4.69, 9.17) is 9.47 Å². The van der Waals surface area contributed by atoms with Gasteiger partial charge >= 0.3 is 12.0 Å². The van der Waals surface area contributed by atoms with Gasteiger partial charge in [0.25, 0.3) is 0 Å². The van der Waals surface area contributed by atoms with Gasteiger partial charge in [-0.05, 0) is 24.6 Å². The van der Waals surface area contributed by atoms with Crippen molar-refractivity contribution in [3.8, 4) is 5.75 Å². The molecule has 1 saturated heterocycles. The Labute approximate surface area is 165 Å². The zero-order valence-electron chi connectivity index (χ0n) is 16.8. The van der Waals surface area contributed by atoms with Crippen LogP contribution in [0.25, 0.3) is 0 Å². The van der Waals surface area contributed by atoms with E-state index in [9.17, 15) is 9.59 Å².